The van der Waals surface area contributed by atoms with Gasteiger partial charge in [-0.25, -0.2) is 9.78 Å². The van der Waals surface area contributed by atoms with Crippen LogP contribution in [0.25, 0.3) is 0 Å². The van der Waals surface area contributed by atoms with Crippen LogP contribution in [0.2, 0.25) is 0 Å². The zero-order valence-corrected chi connectivity index (χ0v) is 17.3. The molecule has 0 aliphatic rings. The van der Waals surface area contributed by atoms with Crippen LogP contribution in [0.5, 0.6) is 5.19 Å². The summed E-state index contributed by atoms with van der Waals surface area (Å²) in [4.78, 5) is 14.1. The topological polar surface area (TPSA) is 107 Å². The average Bonchev–Trinajstić information content (AvgIpc) is 3.07. The van der Waals surface area contributed by atoms with Gasteiger partial charge in [0.1, 0.15) is 12.7 Å². The molecule has 4 N–H and O–H groups in total. The van der Waals surface area contributed by atoms with E-state index in [9.17, 15) is 9.90 Å². The molecule has 1 atom stereocenters. The first-order chi connectivity index (χ1) is 12.2. The maximum Gasteiger partial charge on any atom is 0.404 e. The van der Waals surface area contributed by atoms with Crippen LogP contribution >= 0.6 is 11.3 Å². The van der Waals surface area contributed by atoms with Crippen molar-refractivity contribution in [3.8, 4) is 5.19 Å². The number of nitrogens with one attached hydrogen (secondary N) is 1. The fourth-order valence-electron chi connectivity index (χ4n) is 1.81. The Morgan fingerprint density at radius 1 is 1.35 bits per heavy atom. The third-order valence-corrected chi connectivity index (χ3v) is 3.85. The summed E-state index contributed by atoms with van der Waals surface area (Å²) in [5.74, 6) is 0. The molecule has 26 heavy (non-hydrogen) atoms. The Balaban J connectivity index is 0.000000508. The van der Waals surface area contributed by atoms with Crippen molar-refractivity contribution in [1.82, 2.24) is 10.3 Å². The van der Waals surface area contributed by atoms with E-state index < -0.39 is 12.2 Å². The maximum atomic E-state index is 10.1. The molecule has 8 heteroatoms. The van der Waals surface area contributed by atoms with E-state index in [2.05, 4.69) is 42.7 Å². The molecule has 0 saturated carbocycles. The van der Waals surface area contributed by atoms with Crippen molar-refractivity contribution in [3.05, 3.63) is 11.6 Å². The summed E-state index contributed by atoms with van der Waals surface area (Å²) < 4.78 is 9.85. The van der Waals surface area contributed by atoms with Gasteiger partial charge in [0.05, 0.1) is 6.61 Å². The number of hydrogen-bond acceptors (Lipinski definition) is 7. The lowest BCUT2D eigenvalue weighted by atomic mass is 10.1. The van der Waals surface area contributed by atoms with Gasteiger partial charge in [-0.2, -0.15) is 0 Å². The lowest BCUT2D eigenvalue weighted by Crippen LogP contribution is -2.42. The summed E-state index contributed by atoms with van der Waals surface area (Å²) in [7, 11) is 0. The average molecular weight is 390 g/mol. The predicted octanol–water partition coefficient (Wildman–Crippen LogP) is 3.32. The first kappa shape index (κ1) is 24.6. The third-order valence-electron chi connectivity index (χ3n) is 3.17. The minimum absolute atomic E-state index is 0.0160. The van der Waals surface area contributed by atoms with Crippen molar-refractivity contribution in [3.63, 3.8) is 0 Å². The molecular weight excluding hydrogens is 354 g/mol. The van der Waals surface area contributed by atoms with Crippen LogP contribution in [0, 0.1) is 0 Å². The number of carbonyl (C=O) groups excluding carboxylic acids is 1. The van der Waals surface area contributed by atoms with Crippen LogP contribution in [0.3, 0.4) is 0 Å². The summed E-state index contributed by atoms with van der Waals surface area (Å²) in [6, 6.07) is 0. The molecule has 1 rings (SSSR count). The molecule has 0 saturated heterocycles. The Morgan fingerprint density at radius 2 is 2.04 bits per heavy atom. The van der Waals surface area contributed by atoms with Crippen LogP contribution in [0.15, 0.2) is 11.6 Å². The highest BCUT2D eigenvalue weighted by atomic mass is 32.1. The second kappa shape index (κ2) is 14.8. The number of aliphatic hydroxyl groups is 1. The Labute approximate surface area is 161 Å². The van der Waals surface area contributed by atoms with Gasteiger partial charge in [0.2, 0.25) is 0 Å². The van der Waals surface area contributed by atoms with E-state index in [0.29, 0.717) is 18.3 Å². The number of aromatic nitrogens is 1. The normalized spacial score (nSPS) is 12.0. The van der Waals surface area contributed by atoms with Crippen molar-refractivity contribution in [1.29, 1.82) is 0 Å². The highest BCUT2D eigenvalue weighted by Crippen LogP contribution is 2.13. The molecular formula is C18H35N3O4S. The fourth-order valence-corrected chi connectivity index (χ4v) is 2.31. The zero-order valence-electron chi connectivity index (χ0n) is 16.5. The number of ether oxygens (including phenoxy) is 2. The van der Waals surface area contributed by atoms with Gasteiger partial charge < -0.3 is 25.6 Å². The molecule has 1 unspecified atom stereocenters. The fraction of sp³-hybridized carbons (Fsp3) is 0.778. The second-order valence-corrected chi connectivity index (χ2v) is 7.83. The second-order valence-electron chi connectivity index (χ2n) is 6.98. The number of thiazole rings is 1. The number of β-amino-alcohol motifs (C(OH)–C–C–N with tert-alkyl or cyclic N) is 1. The highest BCUT2D eigenvalue weighted by Gasteiger charge is 2.12. The summed E-state index contributed by atoms with van der Waals surface area (Å²) in [5.41, 5.74) is 4.79. The third kappa shape index (κ3) is 17.4. The SMILES string of the molecule is CC(C)(C)NCC(O)COc1nccs1.CCCCCCCOC(N)=O. The summed E-state index contributed by atoms with van der Waals surface area (Å²) >= 11 is 1.42. The number of primary amides is 1. The Hall–Kier alpha value is -1.38. The molecule has 1 amide bonds. The molecule has 0 bridgehead atoms. The molecule has 0 aliphatic carbocycles. The maximum absolute atomic E-state index is 10.1. The molecule has 0 aliphatic heterocycles. The van der Waals surface area contributed by atoms with Gasteiger partial charge in [-0.15, -0.1) is 0 Å². The lowest BCUT2D eigenvalue weighted by Gasteiger charge is -2.22. The molecule has 1 aromatic rings. The summed E-state index contributed by atoms with van der Waals surface area (Å²) in [6.07, 6.45) is 6.28. The Kier molecular flexibility index (Phi) is 14.0. The van der Waals surface area contributed by atoms with Gasteiger partial charge in [-0.05, 0) is 27.2 Å². The molecule has 1 aromatic heterocycles. The lowest BCUT2D eigenvalue weighted by molar-refractivity contribution is 0.0999. The van der Waals surface area contributed by atoms with E-state index in [1.165, 1.54) is 30.6 Å². The smallest absolute Gasteiger partial charge is 0.404 e. The van der Waals surface area contributed by atoms with Gasteiger partial charge >= 0.3 is 6.09 Å². The largest absolute Gasteiger partial charge is 0.467 e. The molecule has 0 spiro atoms. The molecule has 1 heterocycles. The minimum Gasteiger partial charge on any atom is -0.467 e. The van der Waals surface area contributed by atoms with E-state index in [-0.39, 0.29) is 12.1 Å². The minimum atomic E-state index is -0.666. The van der Waals surface area contributed by atoms with Crippen molar-refractivity contribution in [2.75, 3.05) is 19.8 Å². The van der Waals surface area contributed by atoms with Crippen LogP contribution in [-0.2, 0) is 4.74 Å². The van der Waals surface area contributed by atoms with E-state index >= 15 is 0 Å². The number of amides is 1. The number of unbranched alkanes of at least 4 members (excludes halogenated alkanes) is 4. The number of aliphatic hydroxyl groups excluding tert-OH is 1. The van der Waals surface area contributed by atoms with E-state index in [1.807, 2.05) is 5.38 Å². The van der Waals surface area contributed by atoms with Crippen LogP contribution < -0.4 is 15.8 Å². The Bertz CT molecular complexity index is 450. The standard InChI is InChI=1S/C10H18N2O2S.C8H17NO2/c1-10(2,3)12-6-8(13)7-14-9-11-4-5-15-9;1-2-3-4-5-6-7-11-8(9)10/h4-5,8,12-13H,6-7H2,1-3H3;2-7H2,1H3,(H2,9,10). The summed E-state index contributed by atoms with van der Waals surface area (Å²) in [6.45, 7) is 9.61. The van der Waals surface area contributed by atoms with Gasteiger partial charge in [0, 0.05) is 23.7 Å². The first-order valence-corrected chi connectivity index (χ1v) is 10.00. The quantitative estimate of drug-likeness (QED) is 0.501. The molecule has 0 aromatic carbocycles. The summed E-state index contributed by atoms with van der Waals surface area (Å²) in [5, 5.41) is 15.2. The van der Waals surface area contributed by atoms with Gasteiger partial charge in [-0.1, -0.05) is 43.9 Å². The van der Waals surface area contributed by atoms with Crippen molar-refractivity contribution < 1.29 is 19.4 Å². The molecule has 7 nitrogen and oxygen atoms in total. The van der Waals surface area contributed by atoms with Gasteiger partial charge in [-0.3, -0.25) is 0 Å². The Morgan fingerprint density at radius 3 is 2.58 bits per heavy atom. The van der Waals surface area contributed by atoms with Crippen LogP contribution in [0.4, 0.5) is 4.79 Å². The van der Waals surface area contributed by atoms with Gasteiger partial charge in [0.15, 0.2) is 0 Å². The number of carbonyl (C=O) groups is 1. The molecule has 0 fully saturated rings. The van der Waals surface area contributed by atoms with Crippen molar-refractivity contribution >= 4 is 17.4 Å². The van der Waals surface area contributed by atoms with Crippen molar-refractivity contribution in [2.45, 2.75) is 71.4 Å². The number of nitrogens with two attached hydrogens (primary N) is 1. The monoisotopic (exact) mass is 389 g/mol. The zero-order chi connectivity index (χ0) is 19.8. The van der Waals surface area contributed by atoms with Crippen molar-refractivity contribution in [2.24, 2.45) is 5.73 Å². The predicted molar refractivity (Wildman–Crippen MR) is 106 cm³/mol. The first-order valence-electron chi connectivity index (χ1n) is 9.12. The highest BCUT2D eigenvalue weighted by molar-refractivity contribution is 7.11. The molecule has 0 radical (unpaired) electrons. The number of nitrogens with zero attached hydrogens (tertiary/aromatic N) is 1. The molecule has 152 valence electrons. The number of hydrogen-bond donors (Lipinski definition) is 3. The van der Waals surface area contributed by atoms with E-state index in [4.69, 9.17) is 10.5 Å². The number of rotatable bonds is 11. The van der Waals surface area contributed by atoms with E-state index in [0.717, 1.165) is 12.8 Å². The van der Waals surface area contributed by atoms with Crippen LogP contribution in [-0.4, -0.2) is 47.6 Å². The van der Waals surface area contributed by atoms with Gasteiger partial charge in [0.25, 0.3) is 5.19 Å². The van der Waals surface area contributed by atoms with E-state index in [1.54, 1.807) is 6.20 Å². The van der Waals surface area contributed by atoms with Crippen LogP contribution in [0.1, 0.15) is 59.8 Å².